The van der Waals surface area contributed by atoms with Crippen LogP contribution in [0.15, 0.2) is 54.7 Å². The van der Waals surface area contributed by atoms with Gasteiger partial charge >= 0.3 is 6.61 Å². The molecule has 1 heterocycles. The van der Waals surface area contributed by atoms with E-state index < -0.39 is 12.5 Å². The van der Waals surface area contributed by atoms with E-state index in [9.17, 15) is 13.6 Å². The third-order valence-corrected chi connectivity index (χ3v) is 4.04. The van der Waals surface area contributed by atoms with Crippen LogP contribution in [0.2, 0.25) is 5.02 Å². The van der Waals surface area contributed by atoms with Gasteiger partial charge in [0.25, 0.3) is 5.91 Å². The van der Waals surface area contributed by atoms with Crippen molar-refractivity contribution in [3.8, 4) is 11.5 Å². The van der Waals surface area contributed by atoms with Crippen LogP contribution >= 0.6 is 11.6 Å². The molecule has 0 spiro atoms. The monoisotopic (exact) mass is 407 g/mol. The van der Waals surface area contributed by atoms with Crippen molar-refractivity contribution in [1.29, 1.82) is 0 Å². The number of halogens is 3. The van der Waals surface area contributed by atoms with Gasteiger partial charge in [0, 0.05) is 16.9 Å². The van der Waals surface area contributed by atoms with Gasteiger partial charge in [0.2, 0.25) is 0 Å². The number of hydrogen-bond donors (Lipinski definition) is 1. The summed E-state index contributed by atoms with van der Waals surface area (Å²) < 4.78 is 35.9. The number of carbonyl (C=O) groups is 1. The molecule has 0 aliphatic rings. The van der Waals surface area contributed by atoms with E-state index >= 15 is 0 Å². The molecule has 0 unspecified atom stereocenters. The van der Waals surface area contributed by atoms with Crippen LogP contribution in [0.1, 0.15) is 16.1 Å². The van der Waals surface area contributed by atoms with Crippen LogP contribution in [0, 0.1) is 6.92 Å². The molecular formula is C19H16ClF2N3O3. The van der Waals surface area contributed by atoms with Gasteiger partial charge in [-0.1, -0.05) is 11.6 Å². The molecular weight excluding hydrogens is 392 g/mol. The maximum atomic E-state index is 12.6. The molecule has 146 valence electrons. The zero-order chi connectivity index (χ0) is 20.1. The molecule has 0 atom stereocenters. The normalized spacial score (nSPS) is 10.8. The average molecular weight is 408 g/mol. The van der Waals surface area contributed by atoms with E-state index in [1.807, 2.05) is 0 Å². The third-order valence-electron chi connectivity index (χ3n) is 3.79. The summed E-state index contributed by atoms with van der Waals surface area (Å²) in [4.78, 5) is 12.6. The first-order valence-corrected chi connectivity index (χ1v) is 8.57. The lowest BCUT2D eigenvalue weighted by Crippen LogP contribution is -2.20. The maximum Gasteiger partial charge on any atom is 0.387 e. The summed E-state index contributed by atoms with van der Waals surface area (Å²) in [6, 6.07) is 12.6. The number of aromatic nitrogens is 2. The Morgan fingerprint density at radius 3 is 2.57 bits per heavy atom. The van der Waals surface area contributed by atoms with Crippen molar-refractivity contribution in [1.82, 2.24) is 9.78 Å². The second-order valence-corrected chi connectivity index (χ2v) is 6.19. The number of anilines is 1. The van der Waals surface area contributed by atoms with E-state index in [4.69, 9.17) is 16.3 Å². The molecule has 0 aliphatic heterocycles. The van der Waals surface area contributed by atoms with Crippen molar-refractivity contribution in [3.63, 3.8) is 0 Å². The molecule has 0 fully saturated rings. The minimum atomic E-state index is -2.91. The van der Waals surface area contributed by atoms with Gasteiger partial charge in [0.15, 0.2) is 6.73 Å². The summed E-state index contributed by atoms with van der Waals surface area (Å²) in [5.74, 6) is 0.187. The Morgan fingerprint density at radius 2 is 1.89 bits per heavy atom. The quantitative estimate of drug-likeness (QED) is 0.614. The van der Waals surface area contributed by atoms with Gasteiger partial charge in [-0.2, -0.15) is 13.9 Å². The van der Waals surface area contributed by atoms with E-state index in [1.165, 1.54) is 29.1 Å². The zero-order valence-electron chi connectivity index (χ0n) is 14.7. The Labute approximate surface area is 164 Å². The Morgan fingerprint density at radius 1 is 1.18 bits per heavy atom. The minimum Gasteiger partial charge on any atom is -0.471 e. The fourth-order valence-corrected chi connectivity index (χ4v) is 2.56. The predicted octanol–water partition coefficient (Wildman–Crippen LogP) is 4.74. The van der Waals surface area contributed by atoms with Crippen LogP contribution in [0.3, 0.4) is 0 Å². The smallest absolute Gasteiger partial charge is 0.387 e. The SMILES string of the molecule is Cc1cc(OC(F)F)ccc1NC(=O)c1ccnn1COc1ccc(Cl)cc1. The standard InChI is InChI=1S/C19H16ClF2N3O3/c1-12-10-15(28-19(21)22)6-7-16(12)24-18(26)17-8-9-23-25(17)11-27-14-4-2-13(20)3-5-14/h2-10,19H,11H2,1H3,(H,24,26). The second-order valence-electron chi connectivity index (χ2n) is 5.75. The molecule has 28 heavy (non-hydrogen) atoms. The van der Waals surface area contributed by atoms with Crippen molar-refractivity contribution in [2.45, 2.75) is 20.3 Å². The van der Waals surface area contributed by atoms with Crippen molar-refractivity contribution in [2.75, 3.05) is 5.32 Å². The highest BCUT2D eigenvalue weighted by atomic mass is 35.5. The van der Waals surface area contributed by atoms with Crippen LogP contribution in [0.25, 0.3) is 0 Å². The molecule has 1 amide bonds. The van der Waals surface area contributed by atoms with Crippen LogP contribution in [0.4, 0.5) is 14.5 Å². The van der Waals surface area contributed by atoms with Crippen LogP contribution in [-0.4, -0.2) is 22.3 Å². The van der Waals surface area contributed by atoms with E-state index in [-0.39, 0.29) is 18.2 Å². The summed E-state index contributed by atoms with van der Waals surface area (Å²) in [6.45, 7) is -1.21. The first kappa shape index (κ1) is 19.6. The largest absolute Gasteiger partial charge is 0.471 e. The van der Waals surface area contributed by atoms with Crippen LogP contribution in [-0.2, 0) is 6.73 Å². The molecule has 0 aliphatic carbocycles. The molecule has 0 saturated carbocycles. The Hall–Kier alpha value is -3.13. The molecule has 0 radical (unpaired) electrons. The second kappa shape index (κ2) is 8.71. The number of aryl methyl sites for hydroxylation is 1. The number of amides is 1. The summed E-state index contributed by atoms with van der Waals surface area (Å²) >= 11 is 5.83. The van der Waals surface area contributed by atoms with Crippen LogP contribution in [0.5, 0.6) is 11.5 Å². The highest BCUT2D eigenvalue weighted by molar-refractivity contribution is 6.30. The third kappa shape index (κ3) is 4.98. The lowest BCUT2D eigenvalue weighted by atomic mass is 10.2. The van der Waals surface area contributed by atoms with Crippen molar-refractivity contribution in [3.05, 3.63) is 71.0 Å². The minimum absolute atomic E-state index is 0.0203. The Kier molecular flexibility index (Phi) is 6.10. The molecule has 2 aromatic carbocycles. The fraction of sp³-hybridized carbons (Fsp3) is 0.158. The fourth-order valence-electron chi connectivity index (χ4n) is 2.43. The first-order valence-electron chi connectivity index (χ1n) is 8.19. The molecule has 3 rings (SSSR count). The lowest BCUT2D eigenvalue weighted by molar-refractivity contribution is -0.0498. The molecule has 0 saturated heterocycles. The number of nitrogens with zero attached hydrogens (tertiary/aromatic N) is 2. The zero-order valence-corrected chi connectivity index (χ0v) is 15.5. The number of ether oxygens (including phenoxy) is 2. The van der Waals surface area contributed by atoms with Gasteiger partial charge in [0.05, 0.1) is 0 Å². The average Bonchev–Trinajstić information content (AvgIpc) is 3.12. The lowest BCUT2D eigenvalue weighted by Gasteiger charge is -2.12. The number of hydrogen-bond acceptors (Lipinski definition) is 4. The van der Waals surface area contributed by atoms with Gasteiger partial charge in [-0.05, 0) is 61.0 Å². The van der Waals surface area contributed by atoms with E-state index in [0.717, 1.165) is 0 Å². The molecule has 9 heteroatoms. The van der Waals surface area contributed by atoms with E-state index in [0.29, 0.717) is 22.0 Å². The number of nitrogens with one attached hydrogen (secondary N) is 1. The van der Waals surface area contributed by atoms with Gasteiger partial charge < -0.3 is 14.8 Å². The van der Waals surface area contributed by atoms with Crippen molar-refractivity contribution >= 4 is 23.2 Å². The van der Waals surface area contributed by atoms with Crippen molar-refractivity contribution in [2.24, 2.45) is 0 Å². The number of alkyl halides is 2. The predicted molar refractivity (Wildman–Crippen MR) is 100 cm³/mol. The first-order chi connectivity index (χ1) is 13.4. The van der Waals surface area contributed by atoms with Gasteiger partial charge in [0.1, 0.15) is 17.2 Å². The molecule has 6 nitrogen and oxygen atoms in total. The summed E-state index contributed by atoms with van der Waals surface area (Å²) in [5.41, 5.74) is 1.33. The van der Waals surface area contributed by atoms with E-state index in [1.54, 1.807) is 37.3 Å². The van der Waals surface area contributed by atoms with Crippen LogP contribution < -0.4 is 14.8 Å². The highest BCUT2D eigenvalue weighted by Gasteiger charge is 2.14. The summed E-state index contributed by atoms with van der Waals surface area (Å²) in [5, 5.41) is 7.40. The summed E-state index contributed by atoms with van der Waals surface area (Å²) in [6.07, 6.45) is 1.48. The van der Waals surface area contributed by atoms with Gasteiger partial charge in [-0.3, -0.25) is 4.79 Å². The number of carbonyl (C=O) groups excluding carboxylic acids is 1. The summed E-state index contributed by atoms with van der Waals surface area (Å²) in [7, 11) is 0. The highest BCUT2D eigenvalue weighted by Crippen LogP contribution is 2.23. The van der Waals surface area contributed by atoms with Gasteiger partial charge in [-0.15, -0.1) is 0 Å². The molecule has 3 aromatic rings. The van der Waals surface area contributed by atoms with E-state index in [2.05, 4.69) is 15.2 Å². The maximum absolute atomic E-state index is 12.6. The molecule has 1 N–H and O–H groups in total. The van der Waals surface area contributed by atoms with Gasteiger partial charge in [-0.25, -0.2) is 4.68 Å². The van der Waals surface area contributed by atoms with Crippen molar-refractivity contribution < 1.29 is 23.0 Å². The number of rotatable bonds is 7. The Bertz CT molecular complexity index is 961. The molecule has 0 bridgehead atoms. The topological polar surface area (TPSA) is 65.4 Å². The Balaban J connectivity index is 1.67. The molecule has 1 aromatic heterocycles. The number of benzene rings is 2.